The van der Waals surface area contributed by atoms with E-state index in [1.54, 1.807) is 0 Å². The molecule has 0 heterocycles. The number of nitrogens with one attached hydrogen (secondary N) is 1. The summed E-state index contributed by atoms with van der Waals surface area (Å²) in [6, 6.07) is 0. The molecule has 0 saturated carbocycles. The lowest BCUT2D eigenvalue weighted by atomic mass is 10.0. The van der Waals surface area contributed by atoms with Crippen molar-refractivity contribution in [3.05, 3.63) is 0 Å². The molecule has 0 aliphatic rings. The van der Waals surface area contributed by atoms with Crippen molar-refractivity contribution in [1.29, 1.82) is 0 Å². The van der Waals surface area contributed by atoms with Gasteiger partial charge in [-0.15, -0.1) is 0 Å². The van der Waals surface area contributed by atoms with Crippen LogP contribution in [0.3, 0.4) is 0 Å². The fourth-order valence-corrected chi connectivity index (χ4v) is 0.916. The van der Waals surface area contributed by atoms with Gasteiger partial charge in [-0.1, -0.05) is 6.92 Å². The number of carbonyl (C=O) groups is 1. The average molecular weight is 201 g/mol. The van der Waals surface area contributed by atoms with E-state index in [1.807, 2.05) is 13.8 Å². The molecule has 3 nitrogen and oxygen atoms in total. The van der Waals surface area contributed by atoms with E-state index in [4.69, 9.17) is 4.74 Å². The van der Waals surface area contributed by atoms with E-state index in [-0.39, 0.29) is 11.1 Å². The maximum atomic E-state index is 10.3. The van der Waals surface area contributed by atoms with Gasteiger partial charge < -0.3 is 10.1 Å². The fourth-order valence-electron chi connectivity index (χ4n) is 0.916. The maximum Gasteiger partial charge on any atom is 0.207 e. The van der Waals surface area contributed by atoms with Crippen LogP contribution in [0.5, 0.6) is 0 Å². The summed E-state index contributed by atoms with van der Waals surface area (Å²) < 4.78 is 5.70. The summed E-state index contributed by atoms with van der Waals surface area (Å²) in [7, 11) is 0. The van der Waals surface area contributed by atoms with Crippen molar-refractivity contribution in [1.82, 2.24) is 5.32 Å². The van der Waals surface area contributed by atoms with E-state index in [0.29, 0.717) is 6.61 Å². The zero-order chi connectivity index (χ0) is 11.2. The third-order valence-corrected chi connectivity index (χ3v) is 2.52. The van der Waals surface area contributed by atoms with Crippen LogP contribution < -0.4 is 5.32 Å². The highest BCUT2D eigenvalue weighted by Gasteiger charge is 2.19. The molecule has 1 amide bonds. The molecule has 0 aromatic heterocycles. The number of hydrogen-bond acceptors (Lipinski definition) is 2. The Bertz CT molecular complexity index is 176. The van der Waals surface area contributed by atoms with Crippen molar-refractivity contribution in [2.24, 2.45) is 0 Å². The molecule has 0 aromatic carbocycles. The number of hydrogen-bond donors (Lipinski definition) is 1. The first kappa shape index (κ1) is 13.4. The van der Waals surface area contributed by atoms with Crippen LogP contribution in [0.15, 0.2) is 0 Å². The van der Waals surface area contributed by atoms with Crippen molar-refractivity contribution in [3.8, 4) is 0 Å². The van der Waals surface area contributed by atoms with Crippen molar-refractivity contribution in [3.63, 3.8) is 0 Å². The summed E-state index contributed by atoms with van der Waals surface area (Å²) in [6.07, 6.45) is 2.56. The van der Waals surface area contributed by atoms with E-state index in [0.717, 1.165) is 19.3 Å². The van der Waals surface area contributed by atoms with E-state index in [9.17, 15) is 4.79 Å². The molecule has 0 spiro atoms. The molecule has 0 unspecified atom stereocenters. The van der Waals surface area contributed by atoms with E-state index >= 15 is 0 Å². The zero-order valence-electron chi connectivity index (χ0n) is 10.0. The van der Waals surface area contributed by atoms with Crippen LogP contribution in [0.1, 0.15) is 47.5 Å². The highest BCUT2D eigenvalue weighted by Crippen LogP contribution is 2.16. The molecular weight excluding hydrogens is 178 g/mol. The van der Waals surface area contributed by atoms with E-state index in [1.165, 1.54) is 0 Å². The van der Waals surface area contributed by atoms with Crippen LogP contribution in [-0.2, 0) is 9.53 Å². The van der Waals surface area contributed by atoms with Crippen molar-refractivity contribution in [2.75, 3.05) is 6.61 Å². The first-order valence-electron chi connectivity index (χ1n) is 5.18. The molecule has 0 fully saturated rings. The monoisotopic (exact) mass is 201 g/mol. The first-order chi connectivity index (χ1) is 6.33. The quantitative estimate of drug-likeness (QED) is 0.641. The minimum absolute atomic E-state index is 0.0583. The molecule has 0 aliphatic carbocycles. The lowest BCUT2D eigenvalue weighted by Crippen LogP contribution is -2.40. The maximum absolute atomic E-state index is 10.3. The Labute approximate surface area is 87.2 Å². The predicted molar refractivity (Wildman–Crippen MR) is 58.2 cm³/mol. The van der Waals surface area contributed by atoms with Crippen LogP contribution in [0.4, 0.5) is 0 Å². The first-order valence-corrected chi connectivity index (χ1v) is 5.18. The second-order valence-corrected chi connectivity index (χ2v) is 4.86. The number of carbonyl (C=O) groups excluding carboxylic acids is 1. The molecule has 0 saturated heterocycles. The van der Waals surface area contributed by atoms with Gasteiger partial charge in [-0.25, -0.2) is 0 Å². The summed E-state index contributed by atoms with van der Waals surface area (Å²) in [6.45, 7) is 10.9. The Balaban J connectivity index is 3.78. The Hall–Kier alpha value is -0.570. The predicted octanol–water partition coefficient (Wildman–Crippen LogP) is 2.11. The van der Waals surface area contributed by atoms with Gasteiger partial charge in [0.1, 0.15) is 0 Å². The highest BCUT2D eigenvalue weighted by molar-refractivity contribution is 5.47. The smallest absolute Gasteiger partial charge is 0.207 e. The molecule has 0 aliphatic heterocycles. The normalized spacial score (nSPS) is 12.6. The number of rotatable bonds is 7. The second kappa shape index (κ2) is 5.35. The van der Waals surface area contributed by atoms with Gasteiger partial charge in [-0.3, -0.25) is 4.79 Å². The number of ether oxygens (including phenoxy) is 1. The summed E-state index contributed by atoms with van der Waals surface area (Å²) in [5.74, 6) is 0. The molecule has 3 heteroatoms. The fraction of sp³-hybridized carbons (Fsp3) is 0.909. The summed E-state index contributed by atoms with van der Waals surface area (Å²) in [5.41, 5.74) is -0.233. The average Bonchev–Trinajstić information content (AvgIpc) is 2.03. The number of amides is 1. The Kier molecular flexibility index (Phi) is 5.13. The van der Waals surface area contributed by atoms with Crippen molar-refractivity contribution >= 4 is 6.41 Å². The molecule has 0 rings (SSSR count). The standard InChI is InChI=1S/C11H23NO2/c1-6-11(4,5)14-8-7-10(2,3)12-9-13/h9H,6-8H2,1-5H3,(H,12,13). The molecule has 84 valence electrons. The minimum Gasteiger partial charge on any atom is -0.375 e. The lowest BCUT2D eigenvalue weighted by Gasteiger charge is -2.28. The van der Waals surface area contributed by atoms with Crippen molar-refractivity contribution in [2.45, 2.75) is 58.6 Å². The molecule has 0 aromatic rings. The van der Waals surface area contributed by atoms with Crippen molar-refractivity contribution < 1.29 is 9.53 Å². The van der Waals surface area contributed by atoms with Gasteiger partial charge in [0.2, 0.25) is 6.41 Å². The molecule has 0 bridgehead atoms. The van der Waals surface area contributed by atoms with Crippen LogP contribution >= 0.6 is 0 Å². The third kappa shape index (κ3) is 5.97. The van der Waals surface area contributed by atoms with Crippen LogP contribution in [0, 0.1) is 0 Å². The summed E-state index contributed by atoms with van der Waals surface area (Å²) >= 11 is 0. The molecule has 14 heavy (non-hydrogen) atoms. The van der Waals surface area contributed by atoms with Gasteiger partial charge in [0.25, 0.3) is 0 Å². The second-order valence-electron chi connectivity index (χ2n) is 4.86. The van der Waals surface area contributed by atoms with E-state index < -0.39 is 0 Å². The van der Waals surface area contributed by atoms with Gasteiger partial charge in [0.15, 0.2) is 0 Å². The molecule has 1 N–H and O–H groups in total. The van der Waals surface area contributed by atoms with Gasteiger partial charge in [-0.05, 0) is 40.5 Å². The lowest BCUT2D eigenvalue weighted by molar-refractivity contribution is -0.111. The zero-order valence-corrected chi connectivity index (χ0v) is 10.0. The van der Waals surface area contributed by atoms with Gasteiger partial charge in [0, 0.05) is 12.1 Å². The van der Waals surface area contributed by atoms with Gasteiger partial charge in [0.05, 0.1) is 5.60 Å². The Morgan fingerprint density at radius 1 is 1.29 bits per heavy atom. The summed E-state index contributed by atoms with van der Waals surface area (Å²) in [5, 5.41) is 2.77. The summed E-state index contributed by atoms with van der Waals surface area (Å²) in [4.78, 5) is 10.3. The molecule has 0 radical (unpaired) electrons. The molecular formula is C11H23NO2. The van der Waals surface area contributed by atoms with Crippen LogP contribution in [-0.4, -0.2) is 24.2 Å². The third-order valence-electron chi connectivity index (χ3n) is 2.52. The Morgan fingerprint density at radius 2 is 1.86 bits per heavy atom. The topological polar surface area (TPSA) is 38.3 Å². The SMILES string of the molecule is CCC(C)(C)OCCC(C)(C)NC=O. The molecule has 0 atom stereocenters. The van der Waals surface area contributed by atoms with Gasteiger partial charge >= 0.3 is 0 Å². The minimum atomic E-state index is -0.175. The highest BCUT2D eigenvalue weighted by atomic mass is 16.5. The van der Waals surface area contributed by atoms with Crippen LogP contribution in [0.2, 0.25) is 0 Å². The van der Waals surface area contributed by atoms with Crippen LogP contribution in [0.25, 0.3) is 0 Å². The Morgan fingerprint density at radius 3 is 2.29 bits per heavy atom. The largest absolute Gasteiger partial charge is 0.375 e. The van der Waals surface area contributed by atoms with Gasteiger partial charge in [-0.2, -0.15) is 0 Å². The van der Waals surface area contributed by atoms with E-state index in [2.05, 4.69) is 26.1 Å².